The first-order valence-electron chi connectivity index (χ1n) is 8.62. The lowest BCUT2D eigenvalue weighted by Gasteiger charge is -2.09. The Kier molecular flexibility index (Phi) is 4.61. The summed E-state index contributed by atoms with van der Waals surface area (Å²) < 4.78 is 10.5. The number of benzene rings is 3. The number of hydrogen-bond donors (Lipinski definition) is 2. The monoisotopic (exact) mass is 362 g/mol. The topological polar surface area (TPSA) is 76.7 Å². The molecule has 0 unspecified atom stereocenters. The molecule has 6 heteroatoms. The van der Waals surface area contributed by atoms with Crippen LogP contribution < -0.4 is 20.1 Å². The molecule has 2 N–H and O–H groups in total. The zero-order valence-electron chi connectivity index (χ0n) is 14.5. The highest BCUT2D eigenvalue weighted by molar-refractivity contribution is 5.96. The van der Waals surface area contributed by atoms with Gasteiger partial charge in [0.1, 0.15) is 0 Å². The Morgan fingerprint density at radius 2 is 1.70 bits per heavy atom. The van der Waals surface area contributed by atoms with Crippen molar-refractivity contribution in [2.75, 3.05) is 18.7 Å². The van der Waals surface area contributed by atoms with Crippen molar-refractivity contribution < 1.29 is 19.1 Å². The van der Waals surface area contributed by atoms with E-state index in [0.29, 0.717) is 17.2 Å². The Bertz CT molecular complexity index is 1010. The molecule has 0 radical (unpaired) electrons. The van der Waals surface area contributed by atoms with E-state index in [9.17, 15) is 9.59 Å². The zero-order valence-corrected chi connectivity index (χ0v) is 14.5. The van der Waals surface area contributed by atoms with Crippen molar-refractivity contribution in [1.82, 2.24) is 5.32 Å². The lowest BCUT2D eigenvalue weighted by atomic mass is 10.0. The highest BCUT2D eigenvalue weighted by atomic mass is 16.7. The third-order valence-electron chi connectivity index (χ3n) is 4.33. The van der Waals surface area contributed by atoms with Crippen LogP contribution in [0.2, 0.25) is 0 Å². The van der Waals surface area contributed by atoms with Crippen LogP contribution in [0.1, 0.15) is 5.56 Å². The highest BCUT2D eigenvalue weighted by Gasteiger charge is 2.14. The first-order chi connectivity index (χ1) is 13.2. The number of fused-ring (bicyclic) bond motifs is 2. The number of carbonyl (C=O) groups excluding carboxylic acids is 2. The summed E-state index contributed by atoms with van der Waals surface area (Å²) >= 11 is 0. The van der Waals surface area contributed by atoms with Gasteiger partial charge < -0.3 is 20.1 Å². The molecular weight excluding hydrogens is 344 g/mol. The van der Waals surface area contributed by atoms with E-state index in [1.165, 1.54) is 0 Å². The summed E-state index contributed by atoms with van der Waals surface area (Å²) in [5.41, 5.74) is 1.52. The molecule has 0 aromatic heterocycles. The van der Waals surface area contributed by atoms with E-state index in [4.69, 9.17) is 9.47 Å². The smallest absolute Gasteiger partial charge is 0.243 e. The highest BCUT2D eigenvalue weighted by Crippen LogP contribution is 2.34. The van der Waals surface area contributed by atoms with E-state index in [1.807, 2.05) is 42.5 Å². The van der Waals surface area contributed by atoms with Crippen LogP contribution in [-0.2, 0) is 16.0 Å². The van der Waals surface area contributed by atoms with Gasteiger partial charge in [0, 0.05) is 11.8 Å². The minimum absolute atomic E-state index is 0.0992. The first kappa shape index (κ1) is 16.9. The van der Waals surface area contributed by atoms with Gasteiger partial charge in [-0.05, 0) is 28.5 Å². The van der Waals surface area contributed by atoms with Gasteiger partial charge in [0.15, 0.2) is 11.5 Å². The van der Waals surface area contributed by atoms with Gasteiger partial charge in [0.2, 0.25) is 18.6 Å². The zero-order chi connectivity index (χ0) is 18.6. The van der Waals surface area contributed by atoms with Crippen LogP contribution in [0.3, 0.4) is 0 Å². The van der Waals surface area contributed by atoms with Crippen molar-refractivity contribution >= 4 is 28.3 Å². The average Bonchev–Trinajstić information content (AvgIpc) is 3.14. The molecule has 0 bridgehead atoms. The number of anilines is 1. The summed E-state index contributed by atoms with van der Waals surface area (Å²) in [6.07, 6.45) is 0.221. The third kappa shape index (κ3) is 3.84. The van der Waals surface area contributed by atoms with Gasteiger partial charge in [-0.3, -0.25) is 9.59 Å². The second kappa shape index (κ2) is 7.37. The fourth-order valence-corrected chi connectivity index (χ4v) is 3.04. The van der Waals surface area contributed by atoms with Crippen LogP contribution in [-0.4, -0.2) is 25.2 Å². The maximum Gasteiger partial charge on any atom is 0.243 e. The Hall–Kier alpha value is -3.54. The van der Waals surface area contributed by atoms with Crippen molar-refractivity contribution in [3.05, 3.63) is 66.2 Å². The molecule has 136 valence electrons. The molecule has 4 rings (SSSR count). The van der Waals surface area contributed by atoms with Crippen molar-refractivity contribution in [1.29, 1.82) is 0 Å². The minimum atomic E-state index is -0.305. The molecular formula is C21H18N2O4. The van der Waals surface area contributed by atoms with Crippen molar-refractivity contribution in [3.63, 3.8) is 0 Å². The Morgan fingerprint density at radius 1 is 0.889 bits per heavy atom. The molecule has 6 nitrogen and oxygen atoms in total. The number of carbonyl (C=O) groups is 2. The lowest BCUT2D eigenvalue weighted by Crippen LogP contribution is -2.33. The second-order valence-electron chi connectivity index (χ2n) is 6.21. The molecule has 3 aromatic rings. The summed E-state index contributed by atoms with van der Waals surface area (Å²) in [6, 6.07) is 18.9. The van der Waals surface area contributed by atoms with Crippen molar-refractivity contribution in [3.8, 4) is 11.5 Å². The normalized spacial score (nSPS) is 12.0. The molecule has 0 saturated heterocycles. The first-order valence-corrected chi connectivity index (χ1v) is 8.62. The van der Waals surface area contributed by atoms with Crippen molar-refractivity contribution in [2.45, 2.75) is 6.42 Å². The van der Waals surface area contributed by atoms with Crippen LogP contribution in [0.4, 0.5) is 5.69 Å². The molecule has 0 aliphatic carbocycles. The second-order valence-corrected chi connectivity index (χ2v) is 6.21. The number of nitrogens with one attached hydrogen (secondary N) is 2. The predicted molar refractivity (Wildman–Crippen MR) is 102 cm³/mol. The fraction of sp³-hybridized carbons (Fsp3) is 0.143. The summed E-state index contributed by atoms with van der Waals surface area (Å²) in [6.45, 7) is 0.0784. The van der Waals surface area contributed by atoms with E-state index in [2.05, 4.69) is 10.6 Å². The minimum Gasteiger partial charge on any atom is -0.454 e. The maximum atomic E-state index is 12.2. The van der Waals surface area contributed by atoms with E-state index >= 15 is 0 Å². The molecule has 0 fully saturated rings. The third-order valence-corrected chi connectivity index (χ3v) is 4.33. The molecule has 0 atom stereocenters. The van der Waals surface area contributed by atoms with Gasteiger partial charge in [0.05, 0.1) is 13.0 Å². The van der Waals surface area contributed by atoms with Crippen LogP contribution in [0, 0.1) is 0 Å². The van der Waals surface area contributed by atoms with Gasteiger partial charge >= 0.3 is 0 Å². The summed E-state index contributed by atoms with van der Waals surface area (Å²) in [7, 11) is 0. The van der Waals surface area contributed by atoms with Gasteiger partial charge in [-0.15, -0.1) is 0 Å². The predicted octanol–water partition coefficient (Wildman–Crippen LogP) is 2.87. The largest absolute Gasteiger partial charge is 0.454 e. The van der Waals surface area contributed by atoms with Crippen LogP contribution >= 0.6 is 0 Å². The van der Waals surface area contributed by atoms with E-state index in [1.54, 1.807) is 18.2 Å². The molecule has 3 aromatic carbocycles. The molecule has 1 aliphatic rings. The molecule has 27 heavy (non-hydrogen) atoms. The fourth-order valence-electron chi connectivity index (χ4n) is 3.04. The average molecular weight is 362 g/mol. The summed E-state index contributed by atoms with van der Waals surface area (Å²) in [5, 5.41) is 7.52. The van der Waals surface area contributed by atoms with Gasteiger partial charge in [0.25, 0.3) is 0 Å². The molecule has 0 saturated carbocycles. The number of ether oxygens (including phenoxy) is 2. The Labute approximate surface area is 156 Å². The SMILES string of the molecule is O=C(Cc1cccc2ccccc12)NCC(=O)Nc1ccc2c(c1)OCO2. The van der Waals surface area contributed by atoms with E-state index in [-0.39, 0.29) is 31.6 Å². The van der Waals surface area contributed by atoms with E-state index in [0.717, 1.165) is 16.3 Å². The van der Waals surface area contributed by atoms with Crippen LogP contribution in [0.15, 0.2) is 60.7 Å². The summed E-state index contributed by atoms with van der Waals surface area (Å²) in [5.74, 6) is 0.733. The van der Waals surface area contributed by atoms with Crippen LogP contribution in [0.25, 0.3) is 10.8 Å². The van der Waals surface area contributed by atoms with Gasteiger partial charge in [-0.25, -0.2) is 0 Å². The van der Waals surface area contributed by atoms with Gasteiger partial charge in [-0.1, -0.05) is 42.5 Å². The van der Waals surface area contributed by atoms with E-state index < -0.39 is 0 Å². The maximum absolute atomic E-state index is 12.2. The molecule has 0 spiro atoms. The number of amides is 2. The van der Waals surface area contributed by atoms with Crippen molar-refractivity contribution in [2.24, 2.45) is 0 Å². The molecule has 1 heterocycles. The molecule has 1 aliphatic heterocycles. The Morgan fingerprint density at radius 3 is 2.63 bits per heavy atom. The van der Waals surface area contributed by atoms with Crippen LogP contribution in [0.5, 0.6) is 11.5 Å². The lowest BCUT2D eigenvalue weighted by molar-refractivity contribution is -0.123. The summed E-state index contributed by atoms with van der Waals surface area (Å²) in [4.78, 5) is 24.3. The molecule has 2 amide bonds. The van der Waals surface area contributed by atoms with Gasteiger partial charge in [-0.2, -0.15) is 0 Å². The Balaban J connectivity index is 1.33. The number of rotatable bonds is 5. The quantitative estimate of drug-likeness (QED) is 0.732. The standard InChI is InChI=1S/C21H18N2O4/c24-20(10-15-6-3-5-14-4-1-2-7-17(14)15)22-12-21(25)23-16-8-9-18-19(11-16)27-13-26-18/h1-9,11H,10,12-13H2,(H,22,24)(H,23,25). The number of hydrogen-bond acceptors (Lipinski definition) is 4.